The van der Waals surface area contributed by atoms with E-state index in [9.17, 15) is 4.79 Å². The summed E-state index contributed by atoms with van der Waals surface area (Å²) in [6.07, 6.45) is 3.87. The molecular weight excluding hydrogens is 374 g/mol. The third-order valence-corrected chi connectivity index (χ3v) is 4.86. The van der Waals surface area contributed by atoms with Crippen LogP contribution in [-0.2, 0) is 9.53 Å². The molecule has 154 valence electrons. The second-order valence-electron chi connectivity index (χ2n) is 8.60. The first-order valence-electron chi connectivity index (χ1n) is 10.4. The van der Waals surface area contributed by atoms with E-state index in [0.29, 0.717) is 11.9 Å². The summed E-state index contributed by atoms with van der Waals surface area (Å²) in [4.78, 5) is 24.3. The molecule has 1 aliphatic carbocycles. The van der Waals surface area contributed by atoms with E-state index in [1.807, 2.05) is 86.3 Å². The van der Waals surface area contributed by atoms with E-state index < -0.39 is 5.60 Å². The summed E-state index contributed by atoms with van der Waals surface area (Å²) in [6.45, 7) is 5.83. The zero-order valence-corrected chi connectivity index (χ0v) is 17.7. The summed E-state index contributed by atoms with van der Waals surface area (Å²) in [5, 5.41) is 0. The molecule has 3 aromatic rings. The summed E-state index contributed by atoms with van der Waals surface area (Å²) in [6, 6.07) is 20.4. The first-order chi connectivity index (χ1) is 14.4. The molecule has 0 amide bonds. The fraction of sp³-hybridized carbons (Fsp3) is 0.320. The highest BCUT2D eigenvalue weighted by Crippen LogP contribution is 2.34. The lowest BCUT2D eigenvalue weighted by Crippen LogP contribution is -2.37. The molecule has 0 aliphatic heterocycles. The highest BCUT2D eigenvalue weighted by atomic mass is 16.6. The summed E-state index contributed by atoms with van der Waals surface area (Å²) in [7, 11) is 0. The van der Waals surface area contributed by atoms with Crippen molar-refractivity contribution in [1.82, 2.24) is 9.97 Å². The van der Waals surface area contributed by atoms with E-state index in [2.05, 4.69) is 0 Å². The Kier molecular flexibility index (Phi) is 5.53. The lowest BCUT2D eigenvalue weighted by molar-refractivity contribution is -0.153. The van der Waals surface area contributed by atoms with E-state index >= 15 is 0 Å². The zero-order valence-electron chi connectivity index (χ0n) is 17.7. The summed E-state index contributed by atoms with van der Waals surface area (Å²) in [5.41, 5.74) is 3.15. The third-order valence-electron chi connectivity index (χ3n) is 4.86. The summed E-state index contributed by atoms with van der Waals surface area (Å²) in [5.74, 6) is 0.464. The SMILES string of the molecule is CC(C)(C)OC(=O)CN(c1cnc(-c2ccccc2)c(-c2ccccc2)n1)C1CC1. The van der Waals surface area contributed by atoms with Crippen LogP contribution in [0.15, 0.2) is 66.9 Å². The number of hydrogen-bond donors (Lipinski definition) is 0. The van der Waals surface area contributed by atoms with Gasteiger partial charge in [0.2, 0.25) is 0 Å². The van der Waals surface area contributed by atoms with Crippen LogP contribution in [-0.4, -0.2) is 34.1 Å². The topological polar surface area (TPSA) is 55.3 Å². The fourth-order valence-corrected chi connectivity index (χ4v) is 3.42. The molecule has 0 spiro atoms. The molecule has 1 heterocycles. The number of carbonyl (C=O) groups excluding carboxylic acids is 1. The van der Waals surface area contributed by atoms with Crippen molar-refractivity contribution in [3.8, 4) is 22.5 Å². The lowest BCUT2D eigenvalue weighted by atomic mass is 10.0. The summed E-state index contributed by atoms with van der Waals surface area (Å²) < 4.78 is 5.55. The Morgan fingerprint density at radius 2 is 1.53 bits per heavy atom. The Balaban J connectivity index is 1.72. The minimum Gasteiger partial charge on any atom is -0.459 e. The fourth-order valence-electron chi connectivity index (χ4n) is 3.42. The molecule has 1 aromatic heterocycles. The second kappa shape index (κ2) is 8.27. The van der Waals surface area contributed by atoms with Crippen LogP contribution in [0.2, 0.25) is 0 Å². The minimum atomic E-state index is -0.510. The highest BCUT2D eigenvalue weighted by molar-refractivity contribution is 5.80. The molecule has 2 aromatic carbocycles. The first kappa shape index (κ1) is 20.1. The van der Waals surface area contributed by atoms with Crippen LogP contribution in [0, 0.1) is 0 Å². The molecule has 1 fully saturated rings. The van der Waals surface area contributed by atoms with Gasteiger partial charge in [-0.15, -0.1) is 0 Å². The maximum Gasteiger partial charge on any atom is 0.326 e. The largest absolute Gasteiger partial charge is 0.459 e. The van der Waals surface area contributed by atoms with Gasteiger partial charge in [-0.3, -0.25) is 9.78 Å². The molecule has 1 aliphatic rings. The normalized spacial score (nSPS) is 13.7. The number of rotatable bonds is 6. The predicted molar refractivity (Wildman–Crippen MR) is 119 cm³/mol. The second-order valence-corrected chi connectivity index (χ2v) is 8.60. The average molecular weight is 402 g/mol. The van der Waals surface area contributed by atoms with Gasteiger partial charge in [-0.2, -0.15) is 0 Å². The molecule has 5 heteroatoms. The molecule has 0 radical (unpaired) electrons. The van der Waals surface area contributed by atoms with Crippen LogP contribution in [0.5, 0.6) is 0 Å². The van der Waals surface area contributed by atoms with Crippen LogP contribution in [0.25, 0.3) is 22.5 Å². The minimum absolute atomic E-state index is 0.176. The summed E-state index contributed by atoms with van der Waals surface area (Å²) >= 11 is 0. The van der Waals surface area contributed by atoms with Crippen LogP contribution < -0.4 is 4.90 Å². The molecule has 30 heavy (non-hydrogen) atoms. The van der Waals surface area contributed by atoms with E-state index in [1.165, 1.54) is 0 Å². The molecular formula is C25H27N3O2. The third kappa shape index (κ3) is 4.85. The van der Waals surface area contributed by atoms with E-state index in [1.54, 1.807) is 6.20 Å². The van der Waals surface area contributed by atoms with E-state index in [-0.39, 0.29) is 12.5 Å². The van der Waals surface area contributed by atoms with Crippen molar-refractivity contribution >= 4 is 11.8 Å². The number of anilines is 1. The predicted octanol–water partition coefficient (Wildman–Crippen LogP) is 5.12. The number of ether oxygens (including phenoxy) is 1. The van der Waals surface area contributed by atoms with Gasteiger partial charge in [0, 0.05) is 17.2 Å². The van der Waals surface area contributed by atoms with Crippen molar-refractivity contribution in [2.45, 2.75) is 45.3 Å². The highest BCUT2D eigenvalue weighted by Gasteiger charge is 2.33. The Hall–Kier alpha value is -3.21. The molecule has 0 bridgehead atoms. The molecule has 1 saturated carbocycles. The Morgan fingerprint density at radius 3 is 2.07 bits per heavy atom. The standard InChI is InChI=1S/C25H27N3O2/c1-25(2,3)30-22(29)17-28(20-14-15-20)21-16-26-23(18-10-6-4-7-11-18)24(27-21)19-12-8-5-9-13-19/h4-13,16,20H,14-15,17H2,1-3H3. The maximum absolute atomic E-state index is 12.5. The van der Waals surface area contributed by atoms with Gasteiger partial charge in [-0.25, -0.2) is 4.98 Å². The van der Waals surface area contributed by atoms with Gasteiger partial charge in [-0.1, -0.05) is 60.7 Å². The van der Waals surface area contributed by atoms with Gasteiger partial charge in [0.25, 0.3) is 0 Å². The van der Waals surface area contributed by atoms with Crippen molar-refractivity contribution in [3.63, 3.8) is 0 Å². The van der Waals surface area contributed by atoms with Gasteiger partial charge in [0.05, 0.1) is 17.6 Å². The molecule has 0 atom stereocenters. The van der Waals surface area contributed by atoms with Gasteiger partial charge < -0.3 is 9.64 Å². The monoisotopic (exact) mass is 401 g/mol. The van der Waals surface area contributed by atoms with Gasteiger partial charge in [0.1, 0.15) is 18.0 Å². The first-order valence-corrected chi connectivity index (χ1v) is 10.4. The number of nitrogens with zero attached hydrogens (tertiary/aromatic N) is 3. The number of hydrogen-bond acceptors (Lipinski definition) is 5. The van der Waals surface area contributed by atoms with Crippen molar-refractivity contribution in [2.24, 2.45) is 0 Å². The number of esters is 1. The number of aromatic nitrogens is 2. The Morgan fingerprint density at radius 1 is 0.967 bits per heavy atom. The maximum atomic E-state index is 12.5. The Labute approximate surface area is 177 Å². The van der Waals surface area contributed by atoms with Crippen LogP contribution >= 0.6 is 0 Å². The van der Waals surface area contributed by atoms with Gasteiger partial charge >= 0.3 is 5.97 Å². The van der Waals surface area contributed by atoms with Gasteiger partial charge in [-0.05, 0) is 33.6 Å². The smallest absolute Gasteiger partial charge is 0.326 e. The van der Waals surface area contributed by atoms with Crippen molar-refractivity contribution in [3.05, 3.63) is 66.9 Å². The lowest BCUT2D eigenvalue weighted by Gasteiger charge is -2.26. The van der Waals surface area contributed by atoms with Crippen molar-refractivity contribution in [2.75, 3.05) is 11.4 Å². The van der Waals surface area contributed by atoms with Crippen molar-refractivity contribution < 1.29 is 9.53 Å². The molecule has 0 N–H and O–H groups in total. The molecule has 0 unspecified atom stereocenters. The van der Waals surface area contributed by atoms with Gasteiger partial charge in [0.15, 0.2) is 0 Å². The van der Waals surface area contributed by atoms with Crippen molar-refractivity contribution in [1.29, 1.82) is 0 Å². The zero-order chi connectivity index (χ0) is 21.1. The Bertz CT molecular complexity index is 1010. The van der Waals surface area contributed by atoms with Crippen LogP contribution in [0.3, 0.4) is 0 Å². The van der Waals surface area contributed by atoms with E-state index in [0.717, 1.165) is 35.4 Å². The quantitative estimate of drug-likeness (QED) is 0.537. The van der Waals surface area contributed by atoms with E-state index in [4.69, 9.17) is 14.7 Å². The molecule has 5 nitrogen and oxygen atoms in total. The van der Waals surface area contributed by atoms with Crippen LogP contribution in [0.1, 0.15) is 33.6 Å². The number of carbonyl (C=O) groups is 1. The van der Waals surface area contributed by atoms with Crippen LogP contribution in [0.4, 0.5) is 5.82 Å². The average Bonchev–Trinajstić information content (AvgIpc) is 3.57. The molecule has 0 saturated heterocycles. The number of benzene rings is 2. The molecule has 4 rings (SSSR count).